The van der Waals surface area contributed by atoms with Crippen LogP contribution in [0.4, 0.5) is 0 Å². The van der Waals surface area contributed by atoms with Crippen LogP contribution in [0.2, 0.25) is 0 Å². The van der Waals surface area contributed by atoms with Gasteiger partial charge in [-0.15, -0.1) is 0 Å². The predicted molar refractivity (Wildman–Crippen MR) is 87.0 cm³/mol. The average Bonchev–Trinajstić information content (AvgIpc) is 2.55. The Morgan fingerprint density at radius 1 is 0.810 bits per heavy atom. The van der Waals surface area contributed by atoms with Gasteiger partial charge in [-0.1, -0.05) is 66.7 Å². The number of hydrogen-bond acceptors (Lipinski definition) is 2. The number of nitrogens with two attached hydrogens (primary N) is 1. The van der Waals surface area contributed by atoms with Gasteiger partial charge in [-0.3, -0.25) is 0 Å². The van der Waals surface area contributed by atoms with Crippen molar-refractivity contribution < 1.29 is 4.74 Å². The van der Waals surface area contributed by atoms with Crippen LogP contribution in [-0.4, -0.2) is 6.61 Å². The third-order valence-electron chi connectivity index (χ3n) is 3.61. The molecule has 0 heterocycles. The molecule has 1 atom stereocenters. The molecule has 2 nitrogen and oxygen atoms in total. The summed E-state index contributed by atoms with van der Waals surface area (Å²) in [6.45, 7) is 1.12. The lowest BCUT2D eigenvalue weighted by Crippen LogP contribution is -2.17. The molecule has 3 aromatic carbocycles. The van der Waals surface area contributed by atoms with E-state index in [-0.39, 0.29) is 6.04 Å². The zero-order valence-electron chi connectivity index (χ0n) is 11.9. The minimum atomic E-state index is -0.0988. The fourth-order valence-electron chi connectivity index (χ4n) is 2.41. The predicted octanol–water partition coefficient (Wildman–Crippen LogP) is 4.06. The van der Waals surface area contributed by atoms with Crippen molar-refractivity contribution in [3.63, 3.8) is 0 Å². The van der Waals surface area contributed by atoms with Crippen LogP contribution >= 0.6 is 0 Å². The summed E-state index contributed by atoms with van der Waals surface area (Å²) in [5, 5.41) is 2.45. The van der Waals surface area contributed by atoms with Gasteiger partial charge in [0.2, 0.25) is 0 Å². The largest absolute Gasteiger partial charge is 0.375 e. The fourth-order valence-corrected chi connectivity index (χ4v) is 2.41. The maximum absolute atomic E-state index is 6.23. The molecule has 3 rings (SSSR count). The summed E-state index contributed by atoms with van der Waals surface area (Å²) in [5.74, 6) is 0. The quantitative estimate of drug-likeness (QED) is 0.763. The van der Waals surface area contributed by atoms with Crippen LogP contribution in [0, 0.1) is 0 Å². The molecule has 0 amide bonds. The molecule has 2 heteroatoms. The number of ether oxygens (including phenoxy) is 1. The molecule has 0 saturated heterocycles. The lowest BCUT2D eigenvalue weighted by atomic mass is 10.0. The summed E-state index contributed by atoms with van der Waals surface area (Å²) in [4.78, 5) is 0. The van der Waals surface area contributed by atoms with E-state index in [0.717, 1.165) is 5.56 Å². The Bertz CT molecular complexity index is 709. The Balaban J connectivity index is 1.62. The topological polar surface area (TPSA) is 35.2 Å². The Morgan fingerprint density at radius 3 is 2.33 bits per heavy atom. The lowest BCUT2D eigenvalue weighted by Gasteiger charge is -2.13. The van der Waals surface area contributed by atoms with E-state index in [1.54, 1.807) is 0 Å². The Morgan fingerprint density at radius 2 is 1.52 bits per heavy atom. The van der Waals surface area contributed by atoms with Crippen LogP contribution in [0.1, 0.15) is 17.2 Å². The fraction of sp³-hybridized carbons (Fsp3) is 0.158. The van der Waals surface area contributed by atoms with Crippen molar-refractivity contribution in [2.45, 2.75) is 12.6 Å². The molecule has 21 heavy (non-hydrogen) atoms. The minimum Gasteiger partial charge on any atom is -0.375 e. The normalized spacial score (nSPS) is 12.4. The molecule has 0 radical (unpaired) electrons. The molecular formula is C19H19NO. The smallest absolute Gasteiger partial charge is 0.0717 e. The van der Waals surface area contributed by atoms with Crippen molar-refractivity contribution in [1.82, 2.24) is 0 Å². The summed E-state index contributed by atoms with van der Waals surface area (Å²) >= 11 is 0. The zero-order valence-corrected chi connectivity index (χ0v) is 11.9. The van der Waals surface area contributed by atoms with Gasteiger partial charge in [-0.25, -0.2) is 0 Å². The summed E-state index contributed by atoms with van der Waals surface area (Å²) in [7, 11) is 0. The molecule has 0 aromatic heterocycles. The van der Waals surface area contributed by atoms with Gasteiger partial charge >= 0.3 is 0 Å². The lowest BCUT2D eigenvalue weighted by molar-refractivity contribution is 0.108. The monoisotopic (exact) mass is 277 g/mol. The minimum absolute atomic E-state index is 0.0988. The molecule has 2 N–H and O–H groups in total. The molecule has 3 aromatic rings. The van der Waals surface area contributed by atoms with E-state index in [2.05, 4.69) is 42.5 Å². The van der Waals surface area contributed by atoms with Gasteiger partial charge in [0.05, 0.1) is 19.3 Å². The molecular weight excluding hydrogens is 258 g/mol. The van der Waals surface area contributed by atoms with Gasteiger partial charge in [0, 0.05) is 0 Å². The number of hydrogen-bond donors (Lipinski definition) is 1. The molecule has 0 aliphatic carbocycles. The van der Waals surface area contributed by atoms with Gasteiger partial charge in [-0.05, 0) is 28.0 Å². The Labute approximate surface area is 125 Å². The van der Waals surface area contributed by atoms with Crippen LogP contribution < -0.4 is 5.73 Å². The first-order chi connectivity index (χ1) is 10.3. The highest BCUT2D eigenvalue weighted by Gasteiger charge is 2.07. The maximum Gasteiger partial charge on any atom is 0.0717 e. The third-order valence-corrected chi connectivity index (χ3v) is 3.61. The second kappa shape index (κ2) is 6.53. The second-order valence-electron chi connectivity index (χ2n) is 5.21. The summed E-state index contributed by atoms with van der Waals surface area (Å²) in [5.41, 5.74) is 8.51. The highest BCUT2D eigenvalue weighted by Crippen LogP contribution is 2.19. The van der Waals surface area contributed by atoms with Crippen molar-refractivity contribution in [3.05, 3.63) is 83.9 Å². The molecule has 0 aliphatic heterocycles. The molecule has 0 spiro atoms. The van der Waals surface area contributed by atoms with Crippen LogP contribution in [0.3, 0.4) is 0 Å². The molecule has 0 bridgehead atoms. The van der Waals surface area contributed by atoms with Crippen molar-refractivity contribution >= 4 is 10.8 Å². The van der Waals surface area contributed by atoms with Crippen LogP contribution in [-0.2, 0) is 11.3 Å². The SMILES string of the molecule is NC(COCc1ccccc1)c1ccc2ccccc2c1. The van der Waals surface area contributed by atoms with E-state index >= 15 is 0 Å². The molecule has 0 fully saturated rings. The first kappa shape index (κ1) is 13.8. The van der Waals surface area contributed by atoms with E-state index in [4.69, 9.17) is 10.5 Å². The van der Waals surface area contributed by atoms with Crippen LogP contribution in [0.15, 0.2) is 72.8 Å². The molecule has 1 unspecified atom stereocenters. The van der Waals surface area contributed by atoms with Crippen molar-refractivity contribution in [1.29, 1.82) is 0 Å². The second-order valence-corrected chi connectivity index (χ2v) is 5.21. The van der Waals surface area contributed by atoms with E-state index < -0.39 is 0 Å². The van der Waals surface area contributed by atoms with E-state index in [1.165, 1.54) is 16.3 Å². The highest BCUT2D eigenvalue weighted by molar-refractivity contribution is 5.83. The Hall–Kier alpha value is -2.16. The first-order valence-corrected chi connectivity index (χ1v) is 7.19. The van der Waals surface area contributed by atoms with Crippen molar-refractivity contribution in [2.75, 3.05) is 6.61 Å². The van der Waals surface area contributed by atoms with E-state index in [9.17, 15) is 0 Å². The maximum atomic E-state index is 6.23. The third kappa shape index (κ3) is 3.48. The van der Waals surface area contributed by atoms with Crippen molar-refractivity contribution in [2.24, 2.45) is 5.73 Å². The summed E-state index contributed by atoms with van der Waals surface area (Å²) in [6, 6.07) is 24.7. The number of rotatable bonds is 5. The Kier molecular flexibility index (Phi) is 4.29. The summed E-state index contributed by atoms with van der Waals surface area (Å²) in [6.07, 6.45) is 0. The summed E-state index contributed by atoms with van der Waals surface area (Å²) < 4.78 is 5.72. The van der Waals surface area contributed by atoms with Crippen LogP contribution in [0.25, 0.3) is 10.8 Å². The number of benzene rings is 3. The standard InChI is InChI=1S/C19H19NO/c20-19(14-21-13-15-6-2-1-3-7-15)18-11-10-16-8-4-5-9-17(16)12-18/h1-12,19H,13-14,20H2. The number of fused-ring (bicyclic) bond motifs is 1. The molecule has 0 aliphatic rings. The first-order valence-electron chi connectivity index (χ1n) is 7.19. The van der Waals surface area contributed by atoms with Gasteiger partial charge in [0.15, 0.2) is 0 Å². The average molecular weight is 277 g/mol. The van der Waals surface area contributed by atoms with Gasteiger partial charge in [-0.2, -0.15) is 0 Å². The van der Waals surface area contributed by atoms with E-state index in [0.29, 0.717) is 13.2 Å². The molecule has 106 valence electrons. The van der Waals surface area contributed by atoms with Gasteiger partial charge in [0.25, 0.3) is 0 Å². The van der Waals surface area contributed by atoms with Gasteiger partial charge < -0.3 is 10.5 Å². The van der Waals surface area contributed by atoms with Crippen molar-refractivity contribution in [3.8, 4) is 0 Å². The van der Waals surface area contributed by atoms with Crippen LogP contribution in [0.5, 0.6) is 0 Å². The van der Waals surface area contributed by atoms with Gasteiger partial charge in [0.1, 0.15) is 0 Å². The van der Waals surface area contributed by atoms with E-state index in [1.807, 2.05) is 30.3 Å². The molecule has 0 saturated carbocycles. The zero-order chi connectivity index (χ0) is 14.5. The highest BCUT2D eigenvalue weighted by atomic mass is 16.5.